The number of ether oxygens (including phenoxy) is 1. The first kappa shape index (κ1) is 10.9. The van der Waals surface area contributed by atoms with Gasteiger partial charge in [0.05, 0.1) is 5.56 Å². The van der Waals surface area contributed by atoms with Gasteiger partial charge in [-0.3, -0.25) is 0 Å². The molecule has 0 heterocycles. The van der Waals surface area contributed by atoms with E-state index in [4.69, 9.17) is 5.26 Å². The average molecular weight is 265 g/mol. The van der Waals surface area contributed by atoms with Crippen molar-refractivity contribution < 1.29 is 17.9 Å². The maximum Gasteiger partial charge on any atom is 0.573 e. The molecular formula is C8H2BrF3NO. The summed E-state index contributed by atoms with van der Waals surface area (Å²) in [6.07, 6.45) is -4.77. The summed E-state index contributed by atoms with van der Waals surface area (Å²) in [7, 11) is 0. The Balaban J connectivity index is 2.97. The van der Waals surface area contributed by atoms with Crippen LogP contribution in [-0.2, 0) is 0 Å². The molecule has 0 spiro atoms. The van der Waals surface area contributed by atoms with Gasteiger partial charge in [0.2, 0.25) is 0 Å². The highest BCUT2D eigenvalue weighted by Gasteiger charge is 2.31. The van der Waals surface area contributed by atoms with E-state index < -0.39 is 12.1 Å². The number of rotatable bonds is 1. The first-order chi connectivity index (χ1) is 6.42. The third kappa shape index (κ3) is 2.92. The molecule has 14 heavy (non-hydrogen) atoms. The molecule has 0 N–H and O–H groups in total. The van der Waals surface area contributed by atoms with Crippen molar-refractivity contribution in [1.29, 1.82) is 5.26 Å². The monoisotopic (exact) mass is 264 g/mol. The minimum absolute atomic E-state index is 0.0583. The number of nitriles is 1. The Morgan fingerprint density at radius 1 is 1.50 bits per heavy atom. The van der Waals surface area contributed by atoms with E-state index in [0.29, 0.717) is 4.47 Å². The molecule has 0 aliphatic carbocycles. The van der Waals surface area contributed by atoms with Gasteiger partial charge in [-0.05, 0) is 22.0 Å². The Labute approximate surface area is 86.0 Å². The first-order valence-corrected chi connectivity index (χ1v) is 4.09. The minimum Gasteiger partial charge on any atom is -0.405 e. The van der Waals surface area contributed by atoms with Crippen LogP contribution in [-0.4, -0.2) is 6.36 Å². The van der Waals surface area contributed by atoms with Crippen molar-refractivity contribution in [3.05, 3.63) is 28.2 Å². The van der Waals surface area contributed by atoms with Gasteiger partial charge in [-0.1, -0.05) is 0 Å². The smallest absolute Gasteiger partial charge is 0.405 e. The lowest BCUT2D eigenvalue weighted by Gasteiger charge is -2.08. The van der Waals surface area contributed by atoms with Crippen molar-refractivity contribution in [1.82, 2.24) is 0 Å². The molecule has 0 unspecified atom stereocenters. The van der Waals surface area contributed by atoms with Crippen LogP contribution in [0, 0.1) is 17.4 Å². The lowest BCUT2D eigenvalue weighted by Crippen LogP contribution is -2.17. The van der Waals surface area contributed by atoms with Crippen molar-refractivity contribution in [2.24, 2.45) is 0 Å². The molecule has 0 amide bonds. The molecule has 0 aliphatic rings. The predicted molar refractivity (Wildman–Crippen MR) is 44.4 cm³/mol. The van der Waals surface area contributed by atoms with Crippen LogP contribution < -0.4 is 4.74 Å². The summed E-state index contributed by atoms with van der Waals surface area (Å²) in [5.74, 6) is -0.530. The van der Waals surface area contributed by atoms with Crippen LogP contribution in [0.4, 0.5) is 13.2 Å². The van der Waals surface area contributed by atoms with E-state index in [1.165, 1.54) is 6.07 Å². The molecule has 0 aromatic heterocycles. The Morgan fingerprint density at radius 2 is 2.14 bits per heavy atom. The molecule has 0 bridgehead atoms. The van der Waals surface area contributed by atoms with Crippen LogP contribution in [0.25, 0.3) is 0 Å². The highest BCUT2D eigenvalue weighted by molar-refractivity contribution is 9.10. The molecule has 1 radical (unpaired) electrons. The van der Waals surface area contributed by atoms with Gasteiger partial charge in [-0.25, -0.2) is 0 Å². The Bertz CT molecular complexity index is 383. The lowest BCUT2D eigenvalue weighted by atomic mass is 10.2. The molecular weight excluding hydrogens is 263 g/mol. The van der Waals surface area contributed by atoms with Gasteiger partial charge in [0.15, 0.2) is 0 Å². The fourth-order valence-electron chi connectivity index (χ4n) is 0.723. The van der Waals surface area contributed by atoms with E-state index in [2.05, 4.69) is 26.7 Å². The van der Waals surface area contributed by atoms with Crippen LogP contribution >= 0.6 is 15.9 Å². The first-order valence-electron chi connectivity index (χ1n) is 3.29. The Morgan fingerprint density at radius 3 is 2.64 bits per heavy atom. The highest BCUT2D eigenvalue weighted by Crippen LogP contribution is 2.26. The maximum absolute atomic E-state index is 11.7. The molecule has 1 aromatic carbocycles. The maximum atomic E-state index is 11.7. The summed E-state index contributed by atoms with van der Waals surface area (Å²) in [5, 5.41) is 8.51. The third-order valence-electron chi connectivity index (χ3n) is 1.22. The molecule has 1 aromatic rings. The molecule has 0 aliphatic heterocycles. The van der Waals surface area contributed by atoms with Gasteiger partial charge in [0, 0.05) is 16.6 Å². The van der Waals surface area contributed by atoms with E-state index in [-0.39, 0.29) is 5.56 Å². The van der Waals surface area contributed by atoms with E-state index in [1.807, 2.05) is 0 Å². The van der Waals surface area contributed by atoms with E-state index in [9.17, 15) is 13.2 Å². The second-order valence-electron chi connectivity index (χ2n) is 2.22. The zero-order chi connectivity index (χ0) is 10.8. The summed E-state index contributed by atoms with van der Waals surface area (Å²) in [6, 6.07) is 6.08. The van der Waals surface area contributed by atoms with Gasteiger partial charge in [0.25, 0.3) is 0 Å². The van der Waals surface area contributed by atoms with E-state index in [0.717, 1.165) is 6.07 Å². The van der Waals surface area contributed by atoms with Gasteiger partial charge in [-0.2, -0.15) is 5.26 Å². The Hall–Kier alpha value is -1.22. The van der Waals surface area contributed by atoms with Crippen molar-refractivity contribution in [2.75, 3.05) is 0 Å². The zero-order valence-corrected chi connectivity index (χ0v) is 8.11. The second-order valence-corrected chi connectivity index (χ2v) is 3.07. The minimum atomic E-state index is -4.77. The van der Waals surface area contributed by atoms with Crippen LogP contribution in [0.15, 0.2) is 16.6 Å². The standard InChI is InChI=1S/C8H2BrF3NO/c9-7-2-1-6(3-5(7)4-13)14-8(10,11)12/h2-3H. The van der Waals surface area contributed by atoms with E-state index >= 15 is 0 Å². The Kier molecular flexibility index (Phi) is 3.01. The van der Waals surface area contributed by atoms with Crippen molar-refractivity contribution >= 4 is 15.9 Å². The number of halogens is 4. The third-order valence-corrected chi connectivity index (χ3v) is 1.88. The normalized spacial score (nSPS) is 10.8. The number of hydrogen-bond donors (Lipinski definition) is 0. The van der Waals surface area contributed by atoms with Gasteiger partial charge in [0.1, 0.15) is 11.8 Å². The van der Waals surface area contributed by atoms with Gasteiger partial charge < -0.3 is 4.74 Å². The molecule has 1 rings (SSSR count). The summed E-state index contributed by atoms with van der Waals surface area (Å²) in [5.41, 5.74) is 0.0583. The highest BCUT2D eigenvalue weighted by atomic mass is 79.9. The van der Waals surface area contributed by atoms with Crippen molar-refractivity contribution in [3.8, 4) is 11.8 Å². The SMILES string of the molecule is N#Cc1cc(OC(F)(F)F)[c]cc1Br. The molecule has 0 atom stereocenters. The second kappa shape index (κ2) is 3.88. The topological polar surface area (TPSA) is 33.0 Å². The van der Waals surface area contributed by atoms with Crippen LogP contribution in [0.5, 0.6) is 5.75 Å². The van der Waals surface area contributed by atoms with Crippen molar-refractivity contribution in [3.63, 3.8) is 0 Å². The van der Waals surface area contributed by atoms with E-state index in [1.54, 1.807) is 6.07 Å². The van der Waals surface area contributed by atoms with Gasteiger partial charge in [-0.15, -0.1) is 13.2 Å². The number of alkyl halides is 3. The quantitative estimate of drug-likeness (QED) is 0.781. The molecule has 0 fully saturated rings. The predicted octanol–water partition coefficient (Wildman–Crippen LogP) is 3.02. The molecule has 0 saturated heterocycles. The van der Waals surface area contributed by atoms with Crippen LogP contribution in [0.2, 0.25) is 0 Å². The lowest BCUT2D eigenvalue weighted by molar-refractivity contribution is -0.274. The molecule has 6 heteroatoms. The summed E-state index contributed by atoms with van der Waals surface area (Å²) >= 11 is 2.98. The fourth-order valence-corrected chi connectivity index (χ4v) is 1.04. The van der Waals surface area contributed by atoms with Crippen molar-refractivity contribution in [2.45, 2.75) is 6.36 Å². The fraction of sp³-hybridized carbons (Fsp3) is 0.125. The number of hydrogen-bond acceptors (Lipinski definition) is 2. The number of nitrogens with zero attached hydrogens (tertiary/aromatic N) is 1. The van der Waals surface area contributed by atoms with Crippen LogP contribution in [0.1, 0.15) is 5.56 Å². The number of benzene rings is 1. The average Bonchev–Trinajstić information content (AvgIpc) is 2.06. The molecule has 2 nitrogen and oxygen atoms in total. The zero-order valence-electron chi connectivity index (χ0n) is 6.52. The molecule has 73 valence electrons. The summed E-state index contributed by atoms with van der Waals surface area (Å²) in [4.78, 5) is 0. The van der Waals surface area contributed by atoms with Crippen LogP contribution in [0.3, 0.4) is 0 Å². The molecule has 0 saturated carbocycles. The summed E-state index contributed by atoms with van der Waals surface area (Å²) < 4.78 is 39.2. The largest absolute Gasteiger partial charge is 0.573 e. The van der Waals surface area contributed by atoms with Gasteiger partial charge >= 0.3 is 6.36 Å². The summed E-state index contributed by atoms with van der Waals surface area (Å²) in [6.45, 7) is 0.